The van der Waals surface area contributed by atoms with Crippen LogP contribution in [0.5, 0.6) is 0 Å². The first kappa shape index (κ1) is 23.6. The molecule has 0 amide bonds. The second-order valence-electron chi connectivity index (χ2n) is 9.33. The second kappa shape index (κ2) is 10.3. The van der Waals surface area contributed by atoms with E-state index in [9.17, 15) is 4.79 Å². The second-order valence-corrected chi connectivity index (χ2v) is 9.33. The Balaban J connectivity index is 1.22. The number of hydrogen-bond donors (Lipinski definition) is 1. The average Bonchev–Trinajstić information content (AvgIpc) is 3.51. The lowest BCUT2D eigenvalue weighted by Crippen LogP contribution is -2.16. The third-order valence-corrected chi connectivity index (χ3v) is 6.73. The van der Waals surface area contributed by atoms with Gasteiger partial charge in [-0.05, 0) is 47.0 Å². The summed E-state index contributed by atoms with van der Waals surface area (Å²) in [5, 5.41) is 8.42. The van der Waals surface area contributed by atoms with E-state index in [1.807, 2.05) is 47.3 Å². The number of pyridine rings is 2. The molecule has 0 unspecified atom stereocenters. The molecule has 6 aromatic rings. The summed E-state index contributed by atoms with van der Waals surface area (Å²) in [4.78, 5) is 17.7. The van der Waals surface area contributed by atoms with Crippen LogP contribution in [-0.4, -0.2) is 19.3 Å². The number of hydrogen-bond acceptors (Lipinski definition) is 4. The highest BCUT2D eigenvalue weighted by molar-refractivity contribution is 5.91. The van der Waals surface area contributed by atoms with Gasteiger partial charge in [0.2, 0.25) is 0 Å². The monoisotopic (exact) mass is 497 g/mol. The Labute approximate surface area is 220 Å². The molecule has 3 heterocycles. The van der Waals surface area contributed by atoms with E-state index in [0.29, 0.717) is 10.9 Å². The fourth-order valence-electron chi connectivity index (χ4n) is 4.64. The Hall–Kier alpha value is -4.81. The Bertz CT molecular complexity index is 1740. The van der Waals surface area contributed by atoms with Crippen LogP contribution >= 0.6 is 0 Å². The highest BCUT2D eigenvalue weighted by Gasteiger charge is 2.13. The third-order valence-electron chi connectivity index (χ3n) is 6.73. The van der Waals surface area contributed by atoms with E-state index in [-0.39, 0.29) is 5.56 Å². The lowest BCUT2D eigenvalue weighted by Gasteiger charge is -2.13. The lowest BCUT2D eigenvalue weighted by atomic mass is 9.97. The molecule has 6 nitrogen and oxygen atoms in total. The number of nitrogens with zero attached hydrogens (tertiary/aromatic N) is 4. The van der Waals surface area contributed by atoms with Crippen molar-refractivity contribution in [2.75, 3.05) is 0 Å². The molecule has 0 aliphatic rings. The molecule has 0 bridgehead atoms. The third kappa shape index (κ3) is 4.77. The fraction of sp³-hybridized carbons (Fsp3) is 0.0938. The zero-order chi connectivity index (χ0) is 25.9. The van der Waals surface area contributed by atoms with Gasteiger partial charge in [-0.1, -0.05) is 66.7 Å². The molecule has 6 heteroatoms. The summed E-state index contributed by atoms with van der Waals surface area (Å²) in [6.45, 7) is 1.54. The summed E-state index contributed by atoms with van der Waals surface area (Å²) in [6, 6.07) is 32.8. The summed E-state index contributed by atoms with van der Waals surface area (Å²) in [5.41, 5.74) is 7.99. The standard InChI is InChI=1S/C32H27N5O/c1-36-19-16-30-29(32(36)38)20-28(25-6-3-2-4-7-25)31(35-30)26-12-8-23(9-13-26)21-33-22-24-10-14-27(15-11-24)37-18-5-17-34-37/h2-20,33H,21-22H2,1H3. The summed E-state index contributed by atoms with van der Waals surface area (Å²) in [6.07, 6.45) is 5.49. The van der Waals surface area contributed by atoms with E-state index in [0.717, 1.165) is 41.2 Å². The minimum atomic E-state index is -0.0452. The van der Waals surface area contributed by atoms with Crippen LogP contribution in [0.15, 0.2) is 120 Å². The quantitative estimate of drug-likeness (QED) is 0.305. The van der Waals surface area contributed by atoms with Gasteiger partial charge in [-0.15, -0.1) is 0 Å². The van der Waals surface area contributed by atoms with Crippen molar-refractivity contribution < 1.29 is 0 Å². The van der Waals surface area contributed by atoms with Gasteiger partial charge in [0.1, 0.15) is 0 Å². The van der Waals surface area contributed by atoms with E-state index < -0.39 is 0 Å². The highest BCUT2D eigenvalue weighted by Crippen LogP contribution is 2.32. The maximum Gasteiger partial charge on any atom is 0.259 e. The van der Waals surface area contributed by atoms with Gasteiger partial charge < -0.3 is 9.88 Å². The predicted molar refractivity (Wildman–Crippen MR) is 152 cm³/mol. The average molecular weight is 498 g/mol. The molecule has 0 saturated carbocycles. The first-order valence-electron chi connectivity index (χ1n) is 12.6. The van der Waals surface area contributed by atoms with Crippen molar-refractivity contribution in [2.45, 2.75) is 13.1 Å². The molecule has 0 radical (unpaired) electrons. The maximum absolute atomic E-state index is 12.8. The molecule has 0 aliphatic heterocycles. The number of rotatable bonds is 7. The summed E-state index contributed by atoms with van der Waals surface area (Å²) < 4.78 is 3.44. The first-order valence-corrected chi connectivity index (χ1v) is 12.6. The zero-order valence-electron chi connectivity index (χ0n) is 21.1. The molecule has 3 aromatic heterocycles. The summed E-state index contributed by atoms with van der Waals surface area (Å²) in [7, 11) is 1.76. The topological polar surface area (TPSA) is 64.7 Å². The van der Waals surface area contributed by atoms with Crippen molar-refractivity contribution in [3.63, 3.8) is 0 Å². The molecule has 186 valence electrons. The smallest absolute Gasteiger partial charge is 0.259 e. The van der Waals surface area contributed by atoms with Gasteiger partial charge in [-0.2, -0.15) is 5.10 Å². The van der Waals surface area contributed by atoms with Crippen molar-refractivity contribution in [2.24, 2.45) is 7.05 Å². The Kier molecular flexibility index (Phi) is 6.38. The van der Waals surface area contributed by atoms with E-state index in [1.54, 1.807) is 24.0 Å². The van der Waals surface area contributed by atoms with Crippen LogP contribution in [0.1, 0.15) is 11.1 Å². The van der Waals surface area contributed by atoms with Crippen molar-refractivity contribution >= 4 is 10.9 Å². The zero-order valence-corrected chi connectivity index (χ0v) is 21.1. The molecule has 1 N–H and O–H groups in total. The van der Waals surface area contributed by atoms with Gasteiger partial charge in [0.05, 0.1) is 22.3 Å². The molecule has 0 fully saturated rings. The summed E-state index contributed by atoms with van der Waals surface area (Å²) >= 11 is 0. The molecule has 0 atom stereocenters. The molecule has 3 aromatic carbocycles. The molecule has 0 saturated heterocycles. The number of benzene rings is 3. The molecular formula is C32H27N5O. The van der Waals surface area contributed by atoms with Crippen LogP contribution in [0.25, 0.3) is 39.0 Å². The number of aryl methyl sites for hydroxylation is 1. The number of fused-ring (bicyclic) bond motifs is 1. The van der Waals surface area contributed by atoms with Crippen LogP contribution < -0.4 is 10.9 Å². The normalized spacial score (nSPS) is 11.2. The lowest BCUT2D eigenvalue weighted by molar-refractivity contribution is 0.693. The van der Waals surface area contributed by atoms with E-state index >= 15 is 0 Å². The van der Waals surface area contributed by atoms with Gasteiger partial charge in [-0.3, -0.25) is 4.79 Å². The van der Waals surface area contributed by atoms with E-state index in [1.165, 1.54) is 11.1 Å². The van der Waals surface area contributed by atoms with Crippen LogP contribution in [0.3, 0.4) is 0 Å². The first-order chi connectivity index (χ1) is 18.7. The van der Waals surface area contributed by atoms with Gasteiger partial charge in [0.15, 0.2) is 0 Å². The van der Waals surface area contributed by atoms with Gasteiger partial charge >= 0.3 is 0 Å². The molecular weight excluding hydrogens is 470 g/mol. The SMILES string of the molecule is Cn1ccc2nc(-c3ccc(CNCc4ccc(-n5cccn5)cc4)cc3)c(-c3ccccc3)cc2c1=O. The maximum atomic E-state index is 12.8. The molecule has 0 aliphatic carbocycles. The van der Waals surface area contributed by atoms with Gasteiger partial charge in [-0.25, -0.2) is 9.67 Å². The van der Waals surface area contributed by atoms with Crippen LogP contribution in [0, 0.1) is 0 Å². The molecule has 6 rings (SSSR count). The Morgan fingerprint density at radius 1 is 0.763 bits per heavy atom. The van der Waals surface area contributed by atoms with Crippen molar-refractivity contribution in [1.29, 1.82) is 0 Å². The Morgan fingerprint density at radius 2 is 1.47 bits per heavy atom. The van der Waals surface area contributed by atoms with Crippen LogP contribution in [0.4, 0.5) is 0 Å². The van der Waals surface area contributed by atoms with Crippen molar-refractivity contribution in [3.8, 4) is 28.1 Å². The minimum Gasteiger partial charge on any atom is -0.318 e. The highest BCUT2D eigenvalue weighted by atomic mass is 16.1. The minimum absolute atomic E-state index is 0.0452. The fourth-order valence-corrected chi connectivity index (χ4v) is 4.64. The van der Waals surface area contributed by atoms with Gasteiger partial charge in [0, 0.05) is 49.9 Å². The van der Waals surface area contributed by atoms with E-state index in [2.05, 4.69) is 71.1 Å². The van der Waals surface area contributed by atoms with E-state index in [4.69, 9.17) is 4.98 Å². The largest absolute Gasteiger partial charge is 0.318 e. The Morgan fingerprint density at radius 3 is 2.16 bits per heavy atom. The molecule has 38 heavy (non-hydrogen) atoms. The van der Waals surface area contributed by atoms with Crippen LogP contribution in [-0.2, 0) is 20.1 Å². The number of aromatic nitrogens is 4. The van der Waals surface area contributed by atoms with Crippen molar-refractivity contribution in [1.82, 2.24) is 24.6 Å². The van der Waals surface area contributed by atoms with Crippen LogP contribution in [0.2, 0.25) is 0 Å². The summed E-state index contributed by atoms with van der Waals surface area (Å²) in [5.74, 6) is 0. The molecule has 0 spiro atoms. The van der Waals surface area contributed by atoms with Gasteiger partial charge in [0.25, 0.3) is 5.56 Å². The van der Waals surface area contributed by atoms with Crippen molar-refractivity contribution in [3.05, 3.63) is 137 Å². The predicted octanol–water partition coefficient (Wildman–Crippen LogP) is 5.74. The number of nitrogens with one attached hydrogen (secondary N) is 1.